The number of ether oxygens (including phenoxy) is 1. The van der Waals surface area contributed by atoms with Crippen molar-refractivity contribution < 1.29 is 22.7 Å². The SMILES string of the molecule is Cc1ccc2c(C(=O)N[C@H](C)c3ccc(OCC(F)(F)F)cn3)cn(C)c2c1. The molecule has 1 amide bonds. The molecule has 0 unspecified atom stereocenters. The molecule has 3 rings (SSSR count). The Morgan fingerprint density at radius 1 is 1.29 bits per heavy atom. The molecule has 5 nitrogen and oxygen atoms in total. The Labute approximate surface area is 160 Å². The van der Waals surface area contributed by atoms with Crippen molar-refractivity contribution in [2.75, 3.05) is 6.61 Å². The lowest BCUT2D eigenvalue weighted by Gasteiger charge is -2.14. The van der Waals surface area contributed by atoms with Gasteiger partial charge in [-0.2, -0.15) is 13.2 Å². The quantitative estimate of drug-likeness (QED) is 0.705. The van der Waals surface area contributed by atoms with E-state index in [0.29, 0.717) is 11.3 Å². The molecule has 148 valence electrons. The molecule has 2 heterocycles. The molecule has 0 bridgehead atoms. The first-order valence-electron chi connectivity index (χ1n) is 8.66. The fourth-order valence-electron chi connectivity index (χ4n) is 2.92. The van der Waals surface area contributed by atoms with Crippen LogP contribution in [0.25, 0.3) is 10.9 Å². The molecule has 1 aromatic carbocycles. The van der Waals surface area contributed by atoms with Crippen LogP contribution in [0.15, 0.2) is 42.7 Å². The van der Waals surface area contributed by atoms with Crippen molar-refractivity contribution in [3.05, 3.63) is 59.5 Å². The number of aryl methyl sites for hydroxylation is 2. The third-order valence-corrected chi connectivity index (χ3v) is 4.34. The predicted octanol–water partition coefficient (Wildman–Crippen LogP) is 4.31. The van der Waals surface area contributed by atoms with Crippen LogP contribution in [0.1, 0.15) is 34.6 Å². The van der Waals surface area contributed by atoms with Crippen LogP contribution in [0.5, 0.6) is 5.75 Å². The number of carbonyl (C=O) groups is 1. The first-order chi connectivity index (χ1) is 13.1. The van der Waals surface area contributed by atoms with E-state index < -0.39 is 18.8 Å². The number of aromatic nitrogens is 2. The zero-order valence-electron chi connectivity index (χ0n) is 15.7. The fraction of sp³-hybridized carbons (Fsp3) is 0.300. The van der Waals surface area contributed by atoms with Gasteiger partial charge in [-0.05, 0) is 37.6 Å². The average Bonchev–Trinajstić information content (AvgIpc) is 2.96. The summed E-state index contributed by atoms with van der Waals surface area (Å²) >= 11 is 0. The third-order valence-electron chi connectivity index (χ3n) is 4.34. The lowest BCUT2D eigenvalue weighted by Crippen LogP contribution is -2.27. The highest BCUT2D eigenvalue weighted by atomic mass is 19.4. The summed E-state index contributed by atoms with van der Waals surface area (Å²) in [5, 5.41) is 3.72. The molecular formula is C20H20F3N3O2. The minimum absolute atomic E-state index is 0.0176. The van der Waals surface area contributed by atoms with E-state index in [0.717, 1.165) is 16.5 Å². The van der Waals surface area contributed by atoms with Gasteiger partial charge in [-0.25, -0.2) is 0 Å². The number of rotatable bonds is 5. The van der Waals surface area contributed by atoms with Gasteiger partial charge in [0.05, 0.1) is 23.5 Å². The Hall–Kier alpha value is -3.03. The molecule has 0 spiro atoms. The number of carbonyl (C=O) groups excluding carboxylic acids is 1. The van der Waals surface area contributed by atoms with Gasteiger partial charge in [-0.15, -0.1) is 0 Å². The molecule has 1 atom stereocenters. The second-order valence-corrected chi connectivity index (χ2v) is 6.69. The Kier molecular flexibility index (Phi) is 5.31. The normalized spacial score (nSPS) is 12.8. The highest BCUT2D eigenvalue weighted by Gasteiger charge is 2.28. The number of fused-ring (bicyclic) bond motifs is 1. The maximum absolute atomic E-state index is 12.7. The predicted molar refractivity (Wildman–Crippen MR) is 99.3 cm³/mol. The van der Waals surface area contributed by atoms with E-state index >= 15 is 0 Å². The molecular weight excluding hydrogens is 371 g/mol. The number of hydrogen-bond acceptors (Lipinski definition) is 3. The number of pyridine rings is 1. The minimum atomic E-state index is -4.41. The molecule has 0 aliphatic heterocycles. The Balaban J connectivity index is 1.71. The van der Waals surface area contributed by atoms with Crippen molar-refractivity contribution >= 4 is 16.8 Å². The molecule has 0 radical (unpaired) electrons. The number of halogens is 3. The first-order valence-corrected chi connectivity index (χ1v) is 8.66. The largest absolute Gasteiger partial charge is 0.483 e. The van der Waals surface area contributed by atoms with E-state index in [1.807, 2.05) is 36.7 Å². The number of benzene rings is 1. The summed E-state index contributed by atoms with van der Waals surface area (Å²) in [4.78, 5) is 16.8. The number of amides is 1. The molecule has 28 heavy (non-hydrogen) atoms. The molecule has 2 aromatic heterocycles. The molecule has 0 aliphatic rings. The highest BCUT2D eigenvalue weighted by Crippen LogP contribution is 2.23. The van der Waals surface area contributed by atoms with Crippen molar-refractivity contribution in [3.63, 3.8) is 0 Å². The van der Waals surface area contributed by atoms with Gasteiger partial charge < -0.3 is 14.6 Å². The average molecular weight is 391 g/mol. The van der Waals surface area contributed by atoms with Crippen LogP contribution in [0.3, 0.4) is 0 Å². The Morgan fingerprint density at radius 2 is 2.04 bits per heavy atom. The van der Waals surface area contributed by atoms with Gasteiger partial charge in [0.1, 0.15) is 5.75 Å². The van der Waals surface area contributed by atoms with E-state index in [9.17, 15) is 18.0 Å². The van der Waals surface area contributed by atoms with Crippen LogP contribution in [-0.2, 0) is 7.05 Å². The molecule has 0 fully saturated rings. The molecule has 1 N–H and O–H groups in total. The van der Waals surface area contributed by atoms with Crippen LogP contribution in [0.4, 0.5) is 13.2 Å². The lowest BCUT2D eigenvalue weighted by molar-refractivity contribution is -0.153. The molecule has 0 saturated heterocycles. The maximum Gasteiger partial charge on any atom is 0.422 e. The Bertz CT molecular complexity index is 994. The van der Waals surface area contributed by atoms with Crippen molar-refractivity contribution in [1.82, 2.24) is 14.9 Å². The summed E-state index contributed by atoms with van der Waals surface area (Å²) in [5.41, 5.74) is 3.13. The van der Waals surface area contributed by atoms with Crippen molar-refractivity contribution in [1.29, 1.82) is 0 Å². The van der Waals surface area contributed by atoms with Gasteiger partial charge in [-0.3, -0.25) is 9.78 Å². The minimum Gasteiger partial charge on any atom is -0.483 e. The van der Waals surface area contributed by atoms with Crippen molar-refractivity contribution in [2.45, 2.75) is 26.1 Å². The van der Waals surface area contributed by atoms with Crippen LogP contribution in [0, 0.1) is 6.92 Å². The molecule has 8 heteroatoms. The van der Waals surface area contributed by atoms with Crippen LogP contribution < -0.4 is 10.1 Å². The van der Waals surface area contributed by atoms with Crippen LogP contribution in [-0.4, -0.2) is 28.2 Å². The van der Waals surface area contributed by atoms with Crippen LogP contribution in [0.2, 0.25) is 0 Å². The lowest BCUT2D eigenvalue weighted by atomic mass is 10.1. The summed E-state index contributed by atoms with van der Waals surface area (Å²) in [6, 6.07) is 8.38. The van der Waals surface area contributed by atoms with Gasteiger partial charge in [0, 0.05) is 24.1 Å². The van der Waals surface area contributed by atoms with E-state index in [1.165, 1.54) is 18.3 Å². The topological polar surface area (TPSA) is 56.1 Å². The van der Waals surface area contributed by atoms with E-state index in [4.69, 9.17) is 0 Å². The zero-order chi connectivity index (χ0) is 20.5. The number of nitrogens with one attached hydrogen (secondary N) is 1. The Morgan fingerprint density at radius 3 is 2.68 bits per heavy atom. The summed E-state index contributed by atoms with van der Waals surface area (Å²) in [7, 11) is 1.88. The van der Waals surface area contributed by atoms with Crippen molar-refractivity contribution in [3.8, 4) is 5.75 Å². The van der Waals surface area contributed by atoms with Gasteiger partial charge in [0.25, 0.3) is 5.91 Å². The second kappa shape index (κ2) is 7.53. The number of hydrogen-bond donors (Lipinski definition) is 1. The highest BCUT2D eigenvalue weighted by molar-refractivity contribution is 6.07. The van der Waals surface area contributed by atoms with Crippen LogP contribution >= 0.6 is 0 Å². The van der Waals surface area contributed by atoms with Crippen molar-refractivity contribution in [2.24, 2.45) is 7.05 Å². The summed E-state index contributed by atoms with van der Waals surface area (Å²) in [6.45, 7) is 2.37. The first kappa shape index (κ1) is 19.7. The number of alkyl halides is 3. The maximum atomic E-state index is 12.7. The molecule has 0 aliphatic carbocycles. The van der Waals surface area contributed by atoms with E-state index in [2.05, 4.69) is 15.0 Å². The summed E-state index contributed by atoms with van der Waals surface area (Å²) < 4.78 is 43.1. The smallest absolute Gasteiger partial charge is 0.422 e. The van der Waals surface area contributed by atoms with Gasteiger partial charge in [0.15, 0.2) is 6.61 Å². The van der Waals surface area contributed by atoms with E-state index in [1.54, 1.807) is 13.1 Å². The third kappa shape index (κ3) is 4.44. The molecule has 0 saturated carbocycles. The van der Waals surface area contributed by atoms with Gasteiger partial charge in [-0.1, -0.05) is 12.1 Å². The monoisotopic (exact) mass is 391 g/mol. The summed E-state index contributed by atoms with van der Waals surface area (Å²) in [5.74, 6) is -0.231. The van der Waals surface area contributed by atoms with E-state index in [-0.39, 0.29) is 11.7 Å². The fourth-order valence-corrected chi connectivity index (χ4v) is 2.92. The van der Waals surface area contributed by atoms with Gasteiger partial charge >= 0.3 is 6.18 Å². The second-order valence-electron chi connectivity index (χ2n) is 6.69. The number of nitrogens with zero attached hydrogens (tertiary/aromatic N) is 2. The molecule has 3 aromatic rings. The standard InChI is InChI=1S/C20H20F3N3O2/c1-12-4-6-15-16(10-26(3)18(15)8-12)19(27)25-13(2)17-7-5-14(9-24-17)28-11-20(21,22)23/h4-10,13H,11H2,1-3H3,(H,25,27)/t13-/m1/s1. The van der Waals surface area contributed by atoms with Gasteiger partial charge in [0.2, 0.25) is 0 Å². The summed E-state index contributed by atoms with van der Waals surface area (Å²) in [6.07, 6.45) is -1.42. The zero-order valence-corrected chi connectivity index (χ0v) is 15.7.